The molecule has 0 amide bonds. The third-order valence-corrected chi connectivity index (χ3v) is 2.11. The normalized spacial score (nSPS) is 16.3. The van der Waals surface area contributed by atoms with E-state index in [1.165, 1.54) is 0 Å². The second-order valence-electron chi connectivity index (χ2n) is 3.34. The maximum absolute atomic E-state index is 9.35. The lowest BCUT2D eigenvalue weighted by Crippen LogP contribution is -2.42. The highest BCUT2D eigenvalue weighted by molar-refractivity contribution is 5.85. The molecule has 2 atom stereocenters. The number of methoxy groups -OCH3 is 1. The van der Waals surface area contributed by atoms with Gasteiger partial charge in [-0.1, -0.05) is 12.1 Å². The van der Waals surface area contributed by atoms with E-state index in [4.69, 9.17) is 15.7 Å². The zero-order valence-electron chi connectivity index (χ0n) is 9.31. The number of nitrogens with two attached hydrogens (primary N) is 1. The van der Waals surface area contributed by atoms with Crippen molar-refractivity contribution in [1.29, 1.82) is 0 Å². The number of hydrogen-bond donors (Lipinski definition) is 4. The van der Waals surface area contributed by atoms with Gasteiger partial charge in [-0.15, -0.1) is 0 Å². The van der Waals surface area contributed by atoms with E-state index in [9.17, 15) is 5.11 Å². The lowest BCUT2D eigenvalue weighted by Gasteiger charge is -2.16. The van der Waals surface area contributed by atoms with Crippen LogP contribution < -0.4 is 11.1 Å². The molecule has 0 saturated heterocycles. The van der Waals surface area contributed by atoms with Gasteiger partial charge < -0.3 is 26.1 Å². The molecule has 0 aliphatic rings. The molecule has 15 heavy (non-hydrogen) atoms. The van der Waals surface area contributed by atoms with Crippen LogP contribution in [0, 0.1) is 0 Å². The van der Waals surface area contributed by atoms with Crippen molar-refractivity contribution in [2.24, 2.45) is 10.9 Å². The van der Waals surface area contributed by atoms with E-state index in [2.05, 4.69) is 10.5 Å². The number of nitrogens with zero attached hydrogens (tertiary/aromatic N) is 1. The average molecular weight is 219 g/mol. The molecule has 6 nitrogen and oxygen atoms in total. The Hall–Kier alpha value is -0.850. The highest BCUT2D eigenvalue weighted by atomic mass is 16.5. The second-order valence-corrected chi connectivity index (χ2v) is 3.34. The van der Waals surface area contributed by atoms with E-state index in [0.29, 0.717) is 19.6 Å². The fourth-order valence-corrected chi connectivity index (χ4v) is 1.23. The van der Waals surface area contributed by atoms with Gasteiger partial charge in [-0.2, -0.15) is 0 Å². The van der Waals surface area contributed by atoms with Crippen LogP contribution in [-0.2, 0) is 4.74 Å². The van der Waals surface area contributed by atoms with Crippen molar-refractivity contribution in [1.82, 2.24) is 5.32 Å². The van der Waals surface area contributed by atoms with Crippen molar-refractivity contribution < 1.29 is 15.1 Å². The predicted octanol–water partition coefficient (Wildman–Crippen LogP) is -0.502. The number of oxime groups is 1. The summed E-state index contributed by atoms with van der Waals surface area (Å²) in [4.78, 5) is 0. The third kappa shape index (κ3) is 6.27. The van der Waals surface area contributed by atoms with Crippen molar-refractivity contribution in [3.8, 4) is 0 Å². The molecule has 0 aliphatic heterocycles. The summed E-state index contributed by atoms with van der Waals surface area (Å²) in [5, 5.41) is 23.9. The molecule has 2 unspecified atom stereocenters. The SMILES string of the molecule is CCC(NCCC(O)COC)C(N)=NO. The number of aliphatic hydroxyl groups is 1. The number of aliphatic hydroxyl groups excluding tert-OH is 1. The third-order valence-electron chi connectivity index (χ3n) is 2.11. The molecule has 6 heteroatoms. The van der Waals surface area contributed by atoms with Crippen LogP contribution in [0.15, 0.2) is 5.16 Å². The number of amidine groups is 1. The Morgan fingerprint density at radius 3 is 2.73 bits per heavy atom. The number of ether oxygens (including phenoxy) is 1. The standard InChI is InChI=1S/C9H21N3O3/c1-3-8(9(10)12-14)11-5-4-7(13)6-15-2/h7-8,11,13-14H,3-6H2,1-2H3,(H2,10,12). The average Bonchev–Trinajstić information content (AvgIpc) is 2.24. The van der Waals surface area contributed by atoms with Crippen LogP contribution in [0.2, 0.25) is 0 Å². The van der Waals surface area contributed by atoms with Gasteiger partial charge >= 0.3 is 0 Å². The fourth-order valence-electron chi connectivity index (χ4n) is 1.23. The summed E-state index contributed by atoms with van der Waals surface area (Å²) in [6.45, 7) is 2.85. The summed E-state index contributed by atoms with van der Waals surface area (Å²) in [5.74, 6) is 0.165. The first-order valence-electron chi connectivity index (χ1n) is 5.03. The van der Waals surface area contributed by atoms with Gasteiger partial charge in [-0.25, -0.2) is 0 Å². The van der Waals surface area contributed by atoms with Crippen LogP contribution in [0.3, 0.4) is 0 Å². The fraction of sp³-hybridized carbons (Fsp3) is 0.889. The Bertz CT molecular complexity index is 187. The Balaban J connectivity index is 3.72. The summed E-state index contributed by atoms with van der Waals surface area (Å²) in [6.07, 6.45) is 0.826. The number of rotatable bonds is 8. The van der Waals surface area contributed by atoms with E-state index in [1.807, 2.05) is 6.92 Å². The van der Waals surface area contributed by atoms with Crippen LogP contribution in [0.25, 0.3) is 0 Å². The van der Waals surface area contributed by atoms with Gasteiger partial charge in [0.05, 0.1) is 18.8 Å². The second kappa shape index (κ2) is 8.46. The van der Waals surface area contributed by atoms with Gasteiger partial charge in [0.15, 0.2) is 5.84 Å². The Morgan fingerprint density at radius 2 is 2.27 bits per heavy atom. The predicted molar refractivity (Wildman–Crippen MR) is 58.0 cm³/mol. The van der Waals surface area contributed by atoms with E-state index < -0.39 is 6.10 Å². The van der Waals surface area contributed by atoms with E-state index in [0.717, 1.165) is 6.42 Å². The van der Waals surface area contributed by atoms with Crippen molar-refractivity contribution in [3.63, 3.8) is 0 Å². The first-order valence-corrected chi connectivity index (χ1v) is 5.03. The van der Waals surface area contributed by atoms with Gasteiger partial charge in [-0.3, -0.25) is 0 Å². The van der Waals surface area contributed by atoms with Gasteiger partial charge in [-0.05, 0) is 19.4 Å². The molecular formula is C9H21N3O3. The Labute approximate surface area is 90.1 Å². The van der Waals surface area contributed by atoms with Gasteiger partial charge in [0.1, 0.15) is 0 Å². The molecule has 0 rings (SSSR count). The first kappa shape index (κ1) is 14.2. The monoisotopic (exact) mass is 219 g/mol. The van der Waals surface area contributed by atoms with Crippen LogP contribution in [0.4, 0.5) is 0 Å². The van der Waals surface area contributed by atoms with Crippen LogP contribution in [-0.4, -0.2) is 48.6 Å². The zero-order valence-corrected chi connectivity index (χ0v) is 9.31. The van der Waals surface area contributed by atoms with Gasteiger partial charge in [0.2, 0.25) is 0 Å². The largest absolute Gasteiger partial charge is 0.409 e. The summed E-state index contributed by atoms with van der Waals surface area (Å²) in [5.41, 5.74) is 5.45. The quantitative estimate of drug-likeness (QED) is 0.191. The van der Waals surface area contributed by atoms with Gasteiger partial charge in [0, 0.05) is 7.11 Å². The zero-order chi connectivity index (χ0) is 11.7. The van der Waals surface area contributed by atoms with Crippen molar-refractivity contribution in [2.75, 3.05) is 20.3 Å². The van der Waals surface area contributed by atoms with E-state index in [-0.39, 0.29) is 11.9 Å². The van der Waals surface area contributed by atoms with E-state index in [1.54, 1.807) is 7.11 Å². The molecule has 0 aromatic rings. The molecule has 0 radical (unpaired) electrons. The topological polar surface area (TPSA) is 100 Å². The molecule has 0 bridgehead atoms. The van der Waals surface area contributed by atoms with Crippen LogP contribution in [0.1, 0.15) is 19.8 Å². The molecule has 0 aromatic heterocycles. The molecule has 0 saturated carbocycles. The smallest absolute Gasteiger partial charge is 0.156 e. The minimum absolute atomic E-state index is 0.148. The molecule has 5 N–H and O–H groups in total. The molecule has 0 spiro atoms. The summed E-state index contributed by atoms with van der Waals surface area (Å²) < 4.78 is 4.79. The highest BCUT2D eigenvalue weighted by Crippen LogP contribution is 1.94. The molecule has 0 aromatic carbocycles. The molecule has 90 valence electrons. The molecule has 0 heterocycles. The van der Waals surface area contributed by atoms with Crippen molar-refractivity contribution in [3.05, 3.63) is 0 Å². The maximum Gasteiger partial charge on any atom is 0.156 e. The van der Waals surface area contributed by atoms with Gasteiger partial charge in [0.25, 0.3) is 0 Å². The lowest BCUT2D eigenvalue weighted by atomic mass is 10.2. The minimum Gasteiger partial charge on any atom is -0.409 e. The Kier molecular flexibility index (Phi) is 7.98. The van der Waals surface area contributed by atoms with Crippen LogP contribution in [0.5, 0.6) is 0 Å². The van der Waals surface area contributed by atoms with Crippen LogP contribution >= 0.6 is 0 Å². The summed E-state index contributed by atoms with van der Waals surface area (Å²) in [7, 11) is 1.54. The molecule has 0 aliphatic carbocycles. The first-order chi connectivity index (χ1) is 7.15. The molecular weight excluding hydrogens is 198 g/mol. The molecule has 0 fully saturated rings. The minimum atomic E-state index is -0.479. The number of hydrogen-bond acceptors (Lipinski definition) is 5. The highest BCUT2D eigenvalue weighted by Gasteiger charge is 2.11. The number of nitrogens with one attached hydrogen (secondary N) is 1. The van der Waals surface area contributed by atoms with E-state index >= 15 is 0 Å². The lowest BCUT2D eigenvalue weighted by molar-refractivity contribution is 0.0592. The summed E-state index contributed by atoms with van der Waals surface area (Å²) >= 11 is 0. The van der Waals surface area contributed by atoms with Crippen molar-refractivity contribution >= 4 is 5.84 Å². The maximum atomic E-state index is 9.35. The Morgan fingerprint density at radius 1 is 1.60 bits per heavy atom. The van der Waals surface area contributed by atoms with Crippen molar-refractivity contribution in [2.45, 2.75) is 31.9 Å². The summed E-state index contributed by atoms with van der Waals surface area (Å²) in [6, 6.07) is -0.148.